The van der Waals surface area contributed by atoms with Crippen LogP contribution >= 0.6 is 0 Å². The second-order valence-corrected chi connectivity index (χ2v) is 5.12. The van der Waals surface area contributed by atoms with Crippen LogP contribution in [-0.2, 0) is 13.0 Å². The minimum atomic E-state index is 0.309. The molecule has 0 saturated heterocycles. The zero-order chi connectivity index (χ0) is 13.9. The molecule has 2 aromatic rings. The summed E-state index contributed by atoms with van der Waals surface area (Å²) in [6.45, 7) is 2.10. The Morgan fingerprint density at radius 2 is 2.35 bits per heavy atom. The Bertz CT molecular complexity index is 595. The van der Waals surface area contributed by atoms with Crippen LogP contribution < -0.4 is 10.1 Å². The van der Waals surface area contributed by atoms with Gasteiger partial charge in [-0.05, 0) is 56.5 Å². The SMILES string of the molecule is CNC1CCCc2ccc(OCc3nc(C)no3)cc21. The van der Waals surface area contributed by atoms with Crippen LogP contribution in [-0.4, -0.2) is 17.2 Å². The topological polar surface area (TPSA) is 60.2 Å². The van der Waals surface area contributed by atoms with Gasteiger partial charge < -0.3 is 14.6 Å². The van der Waals surface area contributed by atoms with Crippen LogP contribution in [0.25, 0.3) is 0 Å². The maximum Gasteiger partial charge on any atom is 0.264 e. The molecule has 0 bridgehead atoms. The van der Waals surface area contributed by atoms with E-state index in [1.165, 1.54) is 24.0 Å². The summed E-state index contributed by atoms with van der Waals surface area (Å²) in [7, 11) is 2.01. The van der Waals surface area contributed by atoms with Gasteiger partial charge in [-0.25, -0.2) is 0 Å². The molecule has 0 radical (unpaired) electrons. The number of benzene rings is 1. The van der Waals surface area contributed by atoms with Gasteiger partial charge in [-0.3, -0.25) is 0 Å². The Labute approximate surface area is 118 Å². The predicted octanol–water partition coefficient (Wildman–Crippen LogP) is 2.55. The lowest BCUT2D eigenvalue weighted by molar-refractivity contribution is 0.242. The average molecular weight is 273 g/mol. The van der Waals surface area contributed by atoms with Crippen molar-refractivity contribution in [2.45, 2.75) is 38.8 Å². The number of aryl methyl sites for hydroxylation is 2. The lowest BCUT2D eigenvalue weighted by atomic mass is 9.87. The number of rotatable bonds is 4. The maximum atomic E-state index is 5.74. The Balaban J connectivity index is 1.74. The molecular formula is C15H19N3O2. The van der Waals surface area contributed by atoms with E-state index in [2.05, 4.69) is 27.6 Å². The summed E-state index contributed by atoms with van der Waals surface area (Å²) in [6, 6.07) is 6.72. The van der Waals surface area contributed by atoms with Crippen molar-refractivity contribution in [1.29, 1.82) is 0 Å². The van der Waals surface area contributed by atoms with Gasteiger partial charge in [0.05, 0.1) is 0 Å². The van der Waals surface area contributed by atoms with Gasteiger partial charge in [0, 0.05) is 6.04 Å². The molecule has 3 rings (SSSR count). The molecule has 1 N–H and O–H groups in total. The molecule has 1 aromatic carbocycles. The van der Waals surface area contributed by atoms with Crippen LogP contribution in [0.5, 0.6) is 5.75 Å². The quantitative estimate of drug-likeness (QED) is 0.927. The summed E-state index contributed by atoms with van der Waals surface area (Å²) in [5.41, 5.74) is 2.76. The molecule has 0 spiro atoms. The Kier molecular flexibility index (Phi) is 3.69. The molecule has 0 aliphatic heterocycles. The van der Waals surface area contributed by atoms with E-state index in [4.69, 9.17) is 9.26 Å². The first-order valence-corrected chi connectivity index (χ1v) is 6.98. The molecule has 0 saturated carbocycles. The summed E-state index contributed by atoms with van der Waals surface area (Å²) >= 11 is 0. The van der Waals surface area contributed by atoms with Gasteiger partial charge in [-0.15, -0.1) is 0 Å². The summed E-state index contributed by atoms with van der Waals surface area (Å²) in [5.74, 6) is 1.98. The van der Waals surface area contributed by atoms with Crippen LogP contribution in [0.15, 0.2) is 22.7 Å². The van der Waals surface area contributed by atoms with E-state index < -0.39 is 0 Å². The molecule has 1 aliphatic carbocycles. The minimum absolute atomic E-state index is 0.309. The highest BCUT2D eigenvalue weighted by molar-refractivity contribution is 5.39. The molecule has 20 heavy (non-hydrogen) atoms. The predicted molar refractivity (Wildman–Crippen MR) is 74.5 cm³/mol. The summed E-state index contributed by atoms with van der Waals surface area (Å²) in [6.07, 6.45) is 3.56. The van der Waals surface area contributed by atoms with Crippen molar-refractivity contribution < 1.29 is 9.26 Å². The molecule has 5 heteroatoms. The lowest BCUT2D eigenvalue weighted by Crippen LogP contribution is -2.21. The third kappa shape index (κ3) is 2.67. The number of nitrogens with zero attached hydrogens (tertiary/aromatic N) is 2. The second kappa shape index (κ2) is 5.63. The van der Waals surface area contributed by atoms with Crippen molar-refractivity contribution in [3.05, 3.63) is 41.0 Å². The van der Waals surface area contributed by atoms with Crippen LogP contribution in [0, 0.1) is 6.92 Å². The minimum Gasteiger partial charge on any atom is -0.484 e. The van der Waals surface area contributed by atoms with Crippen LogP contribution in [0.1, 0.15) is 41.7 Å². The van der Waals surface area contributed by atoms with Gasteiger partial charge >= 0.3 is 0 Å². The molecule has 0 fully saturated rings. The molecule has 1 aromatic heterocycles. The highest BCUT2D eigenvalue weighted by Crippen LogP contribution is 2.32. The van der Waals surface area contributed by atoms with Crippen molar-refractivity contribution >= 4 is 0 Å². The van der Waals surface area contributed by atoms with Crippen molar-refractivity contribution in [2.75, 3.05) is 7.05 Å². The maximum absolute atomic E-state index is 5.74. The lowest BCUT2D eigenvalue weighted by Gasteiger charge is -2.25. The molecule has 1 atom stereocenters. The summed E-state index contributed by atoms with van der Waals surface area (Å²) in [4.78, 5) is 4.13. The molecule has 1 heterocycles. The van der Waals surface area contributed by atoms with E-state index >= 15 is 0 Å². The zero-order valence-corrected chi connectivity index (χ0v) is 11.8. The summed E-state index contributed by atoms with van der Waals surface area (Å²) in [5, 5.41) is 7.12. The number of nitrogens with one attached hydrogen (secondary N) is 1. The zero-order valence-electron chi connectivity index (χ0n) is 11.8. The molecular weight excluding hydrogens is 254 g/mol. The highest BCUT2D eigenvalue weighted by Gasteiger charge is 2.19. The summed E-state index contributed by atoms with van der Waals surface area (Å²) < 4.78 is 10.8. The van der Waals surface area contributed by atoms with E-state index in [0.29, 0.717) is 24.4 Å². The van der Waals surface area contributed by atoms with Gasteiger partial charge in [0.1, 0.15) is 5.75 Å². The van der Waals surface area contributed by atoms with E-state index in [1.54, 1.807) is 6.92 Å². The fourth-order valence-electron chi connectivity index (χ4n) is 2.71. The third-order valence-electron chi connectivity index (χ3n) is 3.71. The van der Waals surface area contributed by atoms with Crippen molar-refractivity contribution in [1.82, 2.24) is 15.5 Å². The number of hydrogen-bond donors (Lipinski definition) is 1. The van der Waals surface area contributed by atoms with Crippen LogP contribution in [0.4, 0.5) is 0 Å². The van der Waals surface area contributed by atoms with E-state index in [1.807, 2.05) is 13.1 Å². The monoisotopic (exact) mass is 273 g/mol. The van der Waals surface area contributed by atoms with E-state index in [-0.39, 0.29) is 0 Å². The number of aromatic nitrogens is 2. The number of fused-ring (bicyclic) bond motifs is 1. The normalized spacial score (nSPS) is 17.8. The van der Waals surface area contributed by atoms with Crippen molar-refractivity contribution in [3.8, 4) is 5.75 Å². The standard InChI is InChI=1S/C15H19N3O2/c1-10-17-15(20-18-10)9-19-12-7-6-11-4-3-5-14(16-2)13(11)8-12/h6-8,14,16H,3-5,9H2,1-2H3. The van der Waals surface area contributed by atoms with Gasteiger partial charge in [-0.2, -0.15) is 4.98 Å². The number of hydrogen-bond acceptors (Lipinski definition) is 5. The first kappa shape index (κ1) is 13.1. The van der Waals surface area contributed by atoms with Gasteiger partial charge in [0.25, 0.3) is 5.89 Å². The Hall–Kier alpha value is -1.88. The van der Waals surface area contributed by atoms with Gasteiger partial charge in [0.2, 0.25) is 0 Å². The Morgan fingerprint density at radius 3 is 3.10 bits per heavy atom. The molecule has 1 aliphatic rings. The molecule has 106 valence electrons. The van der Waals surface area contributed by atoms with E-state index in [0.717, 1.165) is 12.2 Å². The first-order valence-electron chi connectivity index (χ1n) is 6.98. The largest absolute Gasteiger partial charge is 0.484 e. The molecule has 1 unspecified atom stereocenters. The third-order valence-corrected chi connectivity index (χ3v) is 3.71. The first-order chi connectivity index (χ1) is 9.76. The molecule has 5 nitrogen and oxygen atoms in total. The van der Waals surface area contributed by atoms with Crippen LogP contribution in [0.2, 0.25) is 0 Å². The fraction of sp³-hybridized carbons (Fsp3) is 0.467. The highest BCUT2D eigenvalue weighted by atomic mass is 16.5. The van der Waals surface area contributed by atoms with Crippen LogP contribution in [0.3, 0.4) is 0 Å². The smallest absolute Gasteiger partial charge is 0.264 e. The van der Waals surface area contributed by atoms with Crippen molar-refractivity contribution in [3.63, 3.8) is 0 Å². The van der Waals surface area contributed by atoms with Crippen molar-refractivity contribution in [2.24, 2.45) is 0 Å². The number of ether oxygens (including phenoxy) is 1. The fourth-order valence-corrected chi connectivity index (χ4v) is 2.71. The van der Waals surface area contributed by atoms with Gasteiger partial charge in [-0.1, -0.05) is 11.2 Å². The molecule has 0 amide bonds. The van der Waals surface area contributed by atoms with E-state index in [9.17, 15) is 0 Å². The second-order valence-electron chi connectivity index (χ2n) is 5.12. The van der Waals surface area contributed by atoms with Gasteiger partial charge in [0.15, 0.2) is 12.4 Å². The average Bonchev–Trinajstić information content (AvgIpc) is 2.90. The Morgan fingerprint density at radius 1 is 1.45 bits per heavy atom.